The first-order valence-corrected chi connectivity index (χ1v) is 7.89. The molecule has 0 aromatic heterocycles. The van der Waals surface area contributed by atoms with E-state index in [9.17, 15) is 4.79 Å². The van der Waals surface area contributed by atoms with Gasteiger partial charge in [0.05, 0.1) is 40.0 Å². The second-order valence-electron chi connectivity index (χ2n) is 5.54. The average molecular weight is 340 g/mol. The molecule has 1 heterocycles. The number of hydrogen-bond acceptors (Lipinski definition) is 5. The number of nitrogens with zero attached hydrogens (tertiary/aromatic N) is 2. The average Bonchev–Trinajstić information content (AvgIpc) is 2.65. The fraction of sp³-hybridized carbons (Fsp3) is 0.263. The summed E-state index contributed by atoms with van der Waals surface area (Å²) in [6.07, 6.45) is 2.07. The maximum Gasteiger partial charge on any atom is 0.245 e. The zero-order valence-electron chi connectivity index (χ0n) is 14.4. The van der Waals surface area contributed by atoms with Crippen molar-refractivity contribution in [3.63, 3.8) is 0 Å². The van der Waals surface area contributed by atoms with Gasteiger partial charge >= 0.3 is 0 Å². The number of amides is 1. The van der Waals surface area contributed by atoms with Gasteiger partial charge in [-0.2, -0.15) is 5.10 Å². The summed E-state index contributed by atoms with van der Waals surface area (Å²) in [4.78, 5) is 11.9. The van der Waals surface area contributed by atoms with E-state index in [-0.39, 0.29) is 11.9 Å². The molecule has 0 spiro atoms. The molecule has 25 heavy (non-hydrogen) atoms. The Morgan fingerprint density at radius 3 is 2.32 bits per heavy atom. The minimum Gasteiger partial charge on any atom is -0.493 e. The summed E-state index contributed by atoms with van der Waals surface area (Å²) in [5.74, 6) is 1.56. The molecule has 0 aliphatic carbocycles. The first-order valence-electron chi connectivity index (χ1n) is 7.89. The van der Waals surface area contributed by atoms with Gasteiger partial charge in [-0.05, 0) is 17.7 Å². The first-order chi connectivity index (χ1) is 12.2. The van der Waals surface area contributed by atoms with Gasteiger partial charge in [0.15, 0.2) is 11.5 Å². The molecule has 3 rings (SSSR count). The van der Waals surface area contributed by atoms with E-state index in [2.05, 4.69) is 5.10 Å². The van der Waals surface area contributed by atoms with Crippen LogP contribution in [-0.2, 0) is 4.79 Å². The fourth-order valence-corrected chi connectivity index (χ4v) is 2.84. The molecule has 0 radical (unpaired) electrons. The summed E-state index contributed by atoms with van der Waals surface area (Å²) >= 11 is 0. The molecule has 1 amide bonds. The van der Waals surface area contributed by atoms with Crippen LogP contribution < -0.4 is 14.2 Å². The van der Waals surface area contributed by atoms with Crippen LogP contribution in [-0.4, -0.2) is 38.5 Å². The van der Waals surface area contributed by atoms with Crippen molar-refractivity contribution in [1.29, 1.82) is 0 Å². The minimum atomic E-state index is -0.0314. The second-order valence-corrected chi connectivity index (χ2v) is 5.54. The third kappa shape index (κ3) is 3.15. The van der Waals surface area contributed by atoms with Crippen molar-refractivity contribution in [2.24, 2.45) is 5.10 Å². The number of rotatable bonds is 6. The SMILES string of the molecule is COc1ccc(/C=N/N2C(=O)CC2c2ccccc2)c(OC)c1OC. The fourth-order valence-electron chi connectivity index (χ4n) is 2.84. The molecule has 1 saturated heterocycles. The summed E-state index contributed by atoms with van der Waals surface area (Å²) in [7, 11) is 4.66. The minimum absolute atomic E-state index is 0.00968. The van der Waals surface area contributed by atoms with Crippen LogP contribution in [0.5, 0.6) is 17.2 Å². The number of β-lactam (4-membered cyclic amide) rings is 1. The highest BCUT2D eigenvalue weighted by molar-refractivity contribution is 5.89. The van der Waals surface area contributed by atoms with Crippen LogP contribution in [0.15, 0.2) is 47.6 Å². The molecule has 2 aromatic rings. The van der Waals surface area contributed by atoms with E-state index in [1.54, 1.807) is 33.6 Å². The number of ether oxygens (including phenoxy) is 3. The largest absolute Gasteiger partial charge is 0.493 e. The van der Waals surface area contributed by atoms with Gasteiger partial charge in [0.2, 0.25) is 11.7 Å². The number of hydrogen-bond donors (Lipinski definition) is 0. The Labute approximate surface area is 146 Å². The van der Waals surface area contributed by atoms with Gasteiger partial charge in [-0.3, -0.25) is 4.79 Å². The number of hydrazone groups is 1. The van der Waals surface area contributed by atoms with Crippen LogP contribution >= 0.6 is 0 Å². The summed E-state index contributed by atoms with van der Waals surface area (Å²) in [5.41, 5.74) is 1.77. The Balaban J connectivity index is 1.87. The predicted octanol–water partition coefficient (Wildman–Crippen LogP) is 3.02. The van der Waals surface area contributed by atoms with Crippen molar-refractivity contribution in [1.82, 2.24) is 5.01 Å². The van der Waals surface area contributed by atoms with Gasteiger partial charge in [0, 0.05) is 5.56 Å². The van der Waals surface area contributed by atoms with E-state index >= 15 is 0 Å². The van der Waals surface area contributed by atoms with Crippen molar-refractivity contribution in [3.05, 3.63) is 53.6 Å². The Morgan fingerprint density at radius 1 is 1.00 bits per heavy atom. The first kappa shape index (κ1) is 16.8. The number of carbonyl (C=O) groups is 1. The molecule has 6 nitrogen and oxygen atoms in total. The van der Waals surface area contributed by atoms with E-state index in [4.69, 9.17) is 14.2 Å². The van der Waals surface area contributed by atoms with Gasteiger partial charge in [0.1, 0.15) is 0 Å². The summed E-state index contributed by atoms with van der Waals surface area (Å²) in [6.45, 7) is 0. The lowest BCUT2D eigenvalue weighted by molar-refractivity contribution is -0.146. The molecule has 1 unspecified atom stereocenters. The van der Waals surface area contributed by atoms with Crippen LogP contribution in [0.25, 0.3) is 0 Å². The van der Waals surface area contributed by atoms with E-state index in [1.807, 2.05) is 36.4 Å². The van der Waals surface area contributed by atoms with Gasteiger partial charge < -0.3 is 14.2 Å². The van der Waals surface area contributed by atoms with E-state index in [1.165, 1.54) is 5.01 Å². The molecule has 130 valence electrons. The zero-order valence-corrected chi connectivity index (χ0v) is 14.4. The Hall–Kier alpha value is -3.02. The molecule has 6 heteroatoms. The normalized spacial score (nSPS) is 16.7. The summed E-state index contributed by atoms with van der Waals surface area (Å²) in [6, 6.07) is 13.4. The smallest absolute Gasteiger partial charge is 0.245 e. The second kappa shape index (κ2) is 7.25. The number of methoxy groups -OCH3 is 3. The van der Waals surface area contributed by atoms with Crippen molar-refractivity contribution in [3.8, 4) is 17.2 Å². The van der Waals surface area contributed by atoms with Gasteiger partial charge in [-0.15, -0.1) is 0 Å². The monoisotopic (exact) mass is 340 g/mol. The van der Waals surface area contributed by atoms with Crippen molar-refractivity contribution in [2.45, 2.75) is 12.5 Å². The van der Waals surface area contributed by atoms with E-state index in [0.29, 0.717) is 29.2 Å². The number of benzene rings is 2. The van der Waals surface area contributed by atoms with Crippen LogP contribution in [0.1, 0.15) is 23.6 Å². The molecule has 0 saturated carbocycles. The van der Waals surface area contributed by atoms with Crippen molar-refractivity contribution < 1.29 is 19.0 Å². The molecule has 0 bridgehead atoms. The topological polar surface area (TPSA) is 60.4 Å². The third-order valence-electron chi connectivity index (χ3n) is 4.16. The molecule has 0 N–H and O–H groups in total. The van der Waals surface area contributed by atoms with Crippen LogP contribution in [0.3, 0.4) is 0 Å². The highest BCUT2D eigenvalue weighted by Crippen LogP contribution is 2.39. The lowest BCUT2D eigenvalue weighted by atomic mass is 9.96. The van der Waals surface area contributed by atoms with Crippen LogP contribution in [0.2, 0.25) is 0 Å². The molecular formula is C19H20N2O4. The molecule has 1 aliphatic heterocycles. The van der Waals surface area contributed by atoms with Crippen LogP contribution in [0.4, 0.5) is 0 Å². The van der Waals surface area contributed by atoms with Gasteiger partial charge in [0.25, 0.3) is 0 Å². The highest BCUT2D eigenvalue weighted by atomic mass is 16.5. The summed E-state index contributed by atoms with van der Waals surface area (Å²) < 4.78 is 16.1. The standard InChI is InChI=1S/C19H20N2O4/c1-23-16-10-9-14(18(24-2)19(16)25-3)12-20-21-15(11-17(21)22)13-7-5-4-6-8-13/h4-10,12,15H,11H2,1-3H3/b20-12+. The molecule has 1 atom stereocenters. The lowest BCUT2D eigenvalue weighted by Gasteiger charge is -2.36. The van der Waals surface area contributed by atoms with Gasteiger partial charge in [-0.1, -0.05) is 30.3 Å². The lowest BCUT2D eigenvalue weighted by Crippen LogP contribution is -2.42. The maximum atomic E-state index is 11.9. The Bertz CT molecular complexity index is 790. The summed E-state index contributed by atoms with van der Waals surface area (Å²) in [5, 5.41) is 5.85. The third-order valence-corrected chi connectivity index (χ3v) is 4.16. The van der Waals surface area contributed by atoms with Crippen molar-refractivity contribution in [2.75, 3.05) is 21.3 Å². The Kier molecular flexibility index (Phi) is 4.88. The van der Waals surface area contributed by atoms with E-state index in [0.717, 1.165) is 5.56 Å². The van der Waals surface area contributed by atoms with Crippen molar-refractivity contribution >= 4 is 12.1 Å². The molecule has 1 aliphatic rings. The zero-order chi connectivity index (χ0) is 17.8. The van der Waals surface area contributed by atoms with E-state index < -0.39 is 0 Å². The quantitative estimate of drug-likeness (QED) is 0.599. The number of carbonyl (C=O) groups excluding carboxylic acids is 1. The van der Waals surface area contributed by atoms with Gasteiger partial charge in [-0.25, -0.2) is 5.01 Å². The predicted molar refractivity (Wildman–Crippen MR) is 94.3 cm³/mol. The highest BCUT2D eigenvalue weighted by Gasteiger charge is 2.37. The molecule has 2 aromatic carbocycles. The maximum absolute atomic E-state index is 11.9. The van der Waals surface area contributed by atoms with Crippen LogP contribution in [0, 0.1) is 0 Å². The molecular weight excluding hydrogens is 320 g/mol. The molecule has 1 fully saturated rings. The Morgan fingerprint density at radius 2 is 1.72 bits per heavy atom.